The Morgan fingerprint density at radius 1 is 1.22 bits per heavy atom. The Labute approximate surface area is 160 Å². The third-order valence-corrected chi connectivity index (χ3v) is 7.12. The molecule has 2 saturated heterocycles. The fourth-order valence-corrected chi connectivity index (χ4v) is 5.40. The maximum Gasteiger partial charge on any atom is 0.285 e. The molecule has 0 radical (unpaired) electrons. The lowest BCUT2D eigenvalue weighted by Crippen LogP contribution is -2.43. The first-order valence-electron chi connectivity index (χ1n) is 9.72. The van der Waals surface area contributed by atoms with Gasteiger partial charge in [0.15, 0.2) is 5.84 Å². The molecule has 3 aliphatic heterocycles. The van der Waals surface area contributed by atoms with Crippen LogP contribution >= 0.6 is 0 Å². The third kappa shape index (κ3) is 3.87. The Bertz CT molecular complexity index is 838. The number of nitrogens with zero attached hydrogens (tertiary/aromatic N) is 2. The van der Waals surface area contributed by atoms with E-state index in [-0.39, 0.29) is 16.7 Å². The standard InChI is InChI=1S/C19H26N4O3S/c24-19(21-10-6-14-5-9-20-13-14)15-7-11-23(12-8-15)18-16-3-1-2-4-17(16)27(25,26)22-18/h1-4,14-15,20H,5-13H2,(H,21,24). The van der Waals surface area contributed by atoms with E-state index in [1.54, 1.807) is 18.2 Å². The van der Waals surface area contributed by atoms with Crippen molar-refractivity contribution in [3.63, 3.8) is 0 Å². The summed E-state index contributed by atoms with van der Waals surface area (Å²) in [6.07, 6.45) is 3.67. The molecule has 3 heterocycles. The normalized spacial score (nSPS) is 24.5. The van der Waals surface area contributed by atoms with Crippen LogP contribution in [0.5, 0.6) is 0 Å². The molecule has 0 bridgehead atoms. The quantitative estimate of drug-likeness (QED) is 0.799. The van der Waals surface area contributed by atoms with Crippen LogP contribution in [0.4, 0.5) is 0 Å². The Morgan fingerprint density at radius 2 is 2.00 bits per heavy atom. The van der Waals surface area contributed by atoms with Gasteiger partial charge < -0.3 is 15.5 Å². The molecule has 2 fully saturated rings. The SMILES string of the molecule is O=C(NCCC1CCNC1)C1CCN(C2=NS(=O)(=O)c3ccccc32)CC1. The van der Waals surface area contributed by atoms with Gasteiger partial charge in [-0.2, -0.15) is 8.42 Å². The number of sulfonamides is 1. The van der Waals surface area contributed by atoms with E-state index in [0.29, 0.717) is 30.4 Å². The summed E-state index contributed by atoms with van der Waals surface area (Å²) >= 11 is 0. The molecule has 1 unspecified atom stereocenters. The first kappa shape index (κ1) is 18.4. The van der Waals surface area contributed by atoms with Crippen molar-refractivity contribution in [1.82, 2.24) is 15.5 Å². The Kier molecular flexibility index (Phi) is 5.19. The van der Waals surface area contributed by atoms with Crippen LogP contribution in [0.15, 0.2) is 33.6 Å². The minimum absolute atomic E-state index is 0.00296. The second-order valence-electron chi connectivity index (χ2n) is 7.59. The molecule has 0 saturated carbocycles. The number of carbonyl (C=O) groups excluding carboxylic acids is 1. The van der Waals surface area contributed by atoms with Gasteiger partial charge in [-0.1, -0.05) is 12.1 Å². The van der Waals surface area contributed by atoms with E-state index in [4.69, 9.17) is 0 Å². The van der Waals surface area contributed by atoms with Crippen molar-refractivity contribution in [2.24, 2.45) is 16.2 Å². The molecule has 7 nitrogen and oxygen atoms in total. The van der Waals surface area contributed by atoms with Gasteiger partial charge in [-0.25, -0.2) is 0 Å². The van der Waals surface area contributed by atoms with Crippen molar-refractivity contribution in [3.05, 3.63) is 29.8 Å². The van der Waals surface area contributed by atoms with Crippen LogP contribution in [0.2, 0.25) is 0 Å². The molecule has 146 valence electrons. The molecule has 2 N–H and O–H groups in total. The first-order valence-corrected chi connectivity index (χ1v) is 11.2. The van der Waals surface area contributed by atoms with Gasteiger partial charge in [0.2, 0.25) is 5.91 Å². The molecule has 1 atom stereocenters. The van der Waals surface area contributed by atoms with Crippen LogP contribution in [-0.2, 0) is 14.8 Å². The van der Waals surface area contributed by atoms with Gasteiger partial charge >= 0.3 is 0 Å². The Hall–Kier alpha value is -1.93. The van der Waals surface area contributed by atoms with Crippen molar-refractivity contribution < 1.29 is 13.2 Å². The number of rotatable bonds is 4. The number of hydrogen-bond acceptors (Lipinski definition) is 5. The number of likely N-dealkylation sites (tertiary alicyclic amines) is 1. The second kappa shape index (κ2) is 7.59. The number of hydrogen-bond donors (Lipinski definition) is 2. The zero-order valence-corrected chi connectivity index (χ0v) is 16.2. The zero-order chi connectivity index (χ0) is 18.9. The lowest BCUT2D eigenvalue weighted by atomic mass is 9.95. The molecular formula is C19H26N4O3S. The lowest BCUT2D eigenvalue weighted by Gasteiger charge is -2.32. The summed E-state index contributed by atoms with van der Waals surface area (Å²) in [5, 5.41) is 6.43. The van der Waals surface area contributed by atoms with Crippen LogP contribution in [0.25, 0.3) is 0 Å². The van der Waals surface area contributed by atoms with E-state index >= 15 is 0 Å². The van der Waals surface area contributed by atoms with Crippen LogP contribution in [0.1, 0.15) is 31.2 Å². The smallest absolute Gasteiger partial charge is 0.285 e. The van der Waals surface area contributed by atoms with E-state index in [2.05, 4.69) is 15.0 Å². The number of nitrogens with one attached hydrogen (secondary N) is 2. The average molecular weight is 391 g/mol. The molecule has 0 spiro atoms. The summed E-state index contributed by atoms with van der Waals surface area (Å²) in [6, 6.07) is 6.94. The maximum atomic E-state index is 12.4. The Morgan fingerprint density at radius 3 is 2.74 bits per heavy atom. The number of carbonyl (C=O) groups is 1. The van der Waals surface area contributed by atoms with Crippen molar-refractivity contribution in [2.45, 2.75) is 30.6 Å². The van der Waals surface area contributed by atoms with Gasteiger partial charge in [-0.3, -0.25) is 4.79 Å². The molecule has 8 heteroatoms. The summed E-state index contributed by atoms with van der Waals surface area (Å²) in [5.74, 6) is 1.33. The van der Waals surface area contributed by atoms with Crippen LogP contribution in [-0.4, -0.2) is 57.8 Å². The second-order valence-corrected chi connectivity index (χ2v) is 9.16. The van der Waals surface area contributed by atoms with E-state index in [9.17, 15) is 13.2 Å². The predicted octanol–water partition coefficient (Wildman–Crippen LogP) is 0.963. The molecule has 1 aromatic carbocycles. The first-order chi connectivity index (χ1) is 13.0. The van der Waals surface area contributed by atoms with Gasteiger partial charge in [0, 0.05) is 31.1 Å². The Balaban J connectivity index is 1.31. The monoisotopic (exact) mass is 390 g/mol. The van der Waals surface area contributed by atoms with Crippen molar-refractivity contribution in [1.29, 1.82) is 0 Å². The van der Waals surface area contributed by atoms with Gasteiger partial charge in [0.25, 0.3) is 10.0 Å². The van der Waals surface area contributed by atoms with Gasteiger partial charge in [-0.15, -0.1) is 4.40 Å². The summed E-state index contributed by atoms with van der Waals surface area (Å²) < 4.78 is 28.4. The number of piperidine rings is 1. The highest BCUT2D eigenvalue weighted by molar-refractivity contribution is 7.90. The van der Waals surface area contributed by atoms with Crippen LogP contribution in [0.3, 0.4) is 0 Å². The third-order valence-electron chi connectivity index (χ3n) is 5.79. The summed E-state index contributed by atoms with van der Waals surface area (Å²) in [6.45, 7) is 4.17. The van der Waals surface area contributed by atoms with Crippen molar-refractivity contribution in [2.75, 3.05) is 32.7 Å². The highest BCUT2D eigenvalue weighted by atomic mass is 32.2. The fourth-order valence-electron chi connectivity index (χ4n) is 4.17. The average Bonchev–Trinajstić information content (AvgIpc) is 3.28. The molecule has 27 heavy (non-hydrogen) atoms. The van der Waals surface area contributed by atoms with Crippen molar-refractivity contribution >= 4 is 21.8 Å². The molecular weight excluding hydrogens is 364 g/mol. The minimum atomic E-state index is -3.59. The molecule has 0 aliphatic carbocycles. The summed E-state index contributed by atoms with van der Waals surface area (Å²) in [4.78, 5) is 14.7. The van der Waals surface area contributed by atoms with E-state index in [1.165, 1.54) is 6.42 Å². The van der Waals surface area contributed by atoms with Crippen LogP contribution < -0.4 is 10.6 Å². The molecule has 3 aliphatic rings. The van der Waals surface area contributed by atoms with Crippen molar-refractivity contribution in [3.8, 4) is 0 Å². The molecule has 4 rings (SSSR count). The number of amidine groups is 1. The van der Waals surface area contributed by atoms with Gasteiger partial charge in [0.05, 0.1) is 0 Å². The fraction of sp³-hybridized carbons (Fsp3) is 0.579. The zero-order valence-electron chi connectivity index (χ0n) is 15.4. The number of amides is 1. The van der Waals surface area contributed by atoms with E-state index < -0.39 is 10.0 Å². The molecule has 0 aromatic heterocycles. The van der Waals surface area contributed by atoms with E-state index in [1.807, 2.05) is 11.0 Å². The highest BCUT2D eigenvalue weighted by Gasteiger charge is 2.34. The molecule has 1 aromatic rings. The van der Waals surface area contributed by atoms with E-state index in [0.717, 1.165) is 38.9 Å². The number of benzene rings is 1. The minimum Gasteiger partial charge on any atom is -0.356 e. The van der Waals surface area contributed by atoms with Crippen LogP contribution in [0, 0.1) is 11.8 Å². The number of fused-ring (bicyclic) bond motifs is 1. The largest absolute Gasteiger partial charge is 0.356 e. The predicted molar refractivity (Wildman–Crippen MR) is 103 cm³/mol. The topological polar surface area (TPSA) is 90.9 Å². The lowest BCUT2D eigenvalue weighted by molar-refractivity contribution is -0.126. The highest BCUT2D eigenvalue weighted by Crippen LogP contribution is 2.29. The molecule has 1 amide bonds. The van der Waals surface area contributed by atoms with Gasteiger partial charge in [-0.05, 0) is 56.8 Å². The summed E-state index contributed by atoms with van der Waals surface area (Å²) in [7, 11) is -3.59. The van der Waals surface area contributed by atoms with Gasteiger partial charge in [0.1, 0.15) is 4.90 Å². The maximum absolute atomic E-state index is 12.4. The summed E-state index contributed by atoms with van der Waals surface area (Å²) in [5.41, 5.74) is 0.672.